The number of hydrogen-bond donors (Lipinski definition) is 3. The Morgan fingerprint density at radius 1 is 1.00 bits per heavy atom. The minimum absolute atomic E-state index is 0.174. The second-order valence-corrected chi connectivity index (χ2v) is 8.00. The van der Waals surface area contributed by atoms with Crippen molar-refractivity contribution in [1.29, 1.82) is 0 Å². The third-order valence-corrected chi connectivity index (χ3v) is 5.17. The van der Waals surface area contributed by atoms with E-state index in [2.05, 4.69) is 21.2 Å². The van der Waals surface area contributed by atoms with E-state index in [0.717, 1.165) is 11.1 Å². The number of hydrogen-bond acceptors (Lipinski definition) is 6. The molecule has 3 N–H and O–H groups in total. The topological polar surface area (TPSA) is 118 Å². The number of ether oxygens (including phenoxy) is 2. The summed E-state index contributed by atoms with van der Waals surface area (Å²) in [6, 6.07) is 19.1. The van der Waals surface area contributed by atoms with Gasteiger partial charge in [0, 0.05) is 22.8 Å². The summed E-state index contributed by atoms with van der Waals surface area (Å²) < 4.78 is 10.7. The van der Waals surface area contributed by atoms with Crippen LogP contribution in [0.1, 0.15) is 16.7 Å². The summed E-state index contributed by atoms with van der Waals surface area (Å²) in [5.41, 5.74) is 4.94. The van der Waals surface area contributed by atoms with Gasteiger partial charge in [-0.05, 0) is 54.4 Å². The first-order chi connectivity index (χ1) is 17.4. The molecule has 0 atom stereocenters. The average molecular weight is 509 g/mol. The second-order valence-electron chi connectivity index (χ2n) is 7.56. The molecule has 3 amide bonds. The molecule has 0 unspecified atom stereocenters. The molecule has 0 saturated heterocycles. The number of amides is 3. The van der Waals surface area contributed by atoms with Gasteiger partial charge in [-0.1, -0.05) is 41.9 Å². The lowest BCUT2D eigenvalue weighted by Crippen LogP contribution is -2.37. The van der Waals surface area contributed by atoms with Crippen molar-refractivity contribution in [2.24, 2.45) is 5.10 Å². The number of hydrazone groups is 1. The molecule has 0 aromatic heterocycles. The largest absolute Gasteiger partial charge is 0.497 e. The maximum atomic E-state index is 12.3. The third-order valence-electron chi connectivity index (χ3n) is 4.94. The van der Waals surface area contributed by atoms with Crippen molar-refractivity contribution < 1.29 is 23.9 Å². The Bertz CT molecular complexity index is 1260. The van der Waals surface area contributed by atoms with Gasteiger partial charge in [0.1, 0.15) is 11.5 Å². The SMILES string of the molecule is COc1ccc(CNC(=O)C(=O)N/N=C\c2ccccc2OCC(=O)Nc2cc(Cl)ccc2C)cc1. The van der Waals surface area contributed by atoms with E-state index in [1.54, 1.807) is 73.8 Å². The maximum Gasteiger partial charge on any atom is 0.329 e. The van der Waals surface area contributed by atoms with Crippen LogP contribution >= 0.6 is 11.6 Å². The first-order valence-electron chi connectivity index (χ1n) is 10.9. The van der Waals surface area contributed by atoms with Gasteiger partial charge in [-0.3, -0.25) is 14.4 Å². The number of rotatable bonds is 9. The normalized spacial score (nSPS) is 10.5. The van der Waals surface area contributed by atoms with Gasteiger partial charge in [-0.2, -0.15) is 5.10 Å². The van der Waals surface area contributed by atoms with E-state index >= 15 is 0 Å². The highest BCUT2D eigenvalue weighted by molar-refractivity contribution is 6.35. The van der Waals surface area contributed by atoms with Crippen molar-refractivity contribution in [3.05, 3.63) is 88.4 Å². The van der Waals surface area contributed by atoms with Crippen molar-refractivity contribution in [2.75, 3.05) is 19.0 Å². The van der Waals surface area contributed by atoms with E-state index < -0.39 is 11.8 Å². The summed E-state index contributed by atoms with van der Waals surface area (Å²) in [4.78, 5) is 36.4. The highest BCUT2D eigenvalue weighted by Gasteiger charge is 2.12. The fraction of sp³-hybridized carbons (Fsp3) is 0.154. The molecule has 0 bridgehead atoms. The molecule has 3 rings (SSSR count). The number of halogens is 1. The van der Waals surface area contributed by atoms with Gasteiger partial charge in [0.15, 0.2) is 6.61 Å². The van der Waals surface area contributed by atoms with Crippen LogP contribution in [-0.2, 0) is 20.9 Å². The number of methoxy groups -OCH3 is 1. The van der Waals surface area contributed by atoms with Gasteiger partial charge in [0.25, 0.3) is 5.91 Å². The molecule has 3 aromatic rings. The van der Waals surface area contributed by atoms with E-state index in [-0.39, 0.29) is 19.1 Å². The number of para-hydroxylation sites is 1. The van der Waals surface area contributed by atoms with Gasteiger partial charge >= 0.3 is 11.8 Å². The summed E-state index contributed by atoms with van der Waals surface area (Å²) in [6.07, 6.45) is 1.32. The first-order valence-corrected chi connectivity index (χ1v) is 11.3. The number of aryl methyl sites for hydroxylation is 1. The number of nitrogens with zero attached hydrogens (tertiary/aromatic N) is 1. The zero-order valence-corrected chi connectivity index (χ0v) is 20.5. The second kappa shape index (κ2) is 12.9. The lowest BCUT2D eigenvalue weighted by atomic mass is 10.2. The van der Waals surface area contributed by atoms with Crippen molar-refractivity contribution in [3.8, 4) is 11.5 Å². The van der Waals surface area contributed by atoms with Gasteiger partial charge in [-0.15, -0.1) is 0 Å². The minimum Gasteiger partial charge on any atom is -0.497 e. The van der Waals surface area contributed by atoms with Gasteiger partial charge < -0.3 is 20.1 Å². The lowest BCUT2D eigenvalue weighted by Gasteiger charge is -2.11. The predicted octanol–water partition coefficient (Wildman–Crippen LogP) is 3.44. The summed E-state index contributed by atoms with van der Waals surface area (Å²) in [5.74, 6) is -1.06. The molecule has 0 aliphatic heterocycles. The molecule has 0 radical (unpaired) electrons. The van der Waals surface area contributed by atoms with Crippen molar-refractivity contribution in [1.82, 2.24) is 10.7 Å². The molecule has 0 aliphatic rings. The average Bonchev–Trinajstić information content (AvgIpc) is 2.89. The molecule has 0 saturated carbocycles. The summed E-state index contributed by atoms with van der Waals surface area (Å²) >= 11 is 5.98. The minimum atomic E-state index is -0.922. The van der Waals surface area contributed by atoms with Crippen molar-refractivity contribution in [2.45, 2.75) is 13.5 Å². The molecular formula is C26H25ClN4O5. The molecule has 0 fully saturated rings. The Balaban J connectivity index is 1.49. The highest BCUT2D eigenvalue weighted by atomic mass is 35.5. The van der Waals surface area contributed by atoms with E-state index in [1.807, 2.05) is 6.92 Å². The van der Waals surface area contributed by atoms with Gasteiger partial charge in [-0.25, -0.2) is 5.43 Å². The molecule has 10 heteroatoms. The van der Waals surface area contributed by atoms with Crippen LogP contribution in [-0.4, -0.2) is 37.7 Å². The summed E-state index contributed by atoms with van der Waals surface area (Å²) in [6.45, 7) is 1.77. The smallest absolute Gasteiger partial charge is 0.329 e. The highest BCUT2D eigenvalue weighted by Crippen LogP contribution is 2.20. The van der Waals surface area contributed by atoms with Crippen LogP contribution < -0.4 is 25.5 Å². The van der Waals surface area contributed by atoms with Crippen LogP contribution in [0.2, 0.25) is 5.02 Å². The Morgan fingerprint density at radius 3 is 2.50 bits per heavy atom. The Kier molecular flexibility index (Phi) is 9.41. The quantitative estimate of drug-likeness (QED) is 0.232. The van der Waals surface area contributed by atoms with Crippen LogP contribution in [0.25, 0.3) is 0 Å². The molecule has 186 valence electrons. The Hall–Kier alpha value is -4.37. The molecule has 0 aliphatic carbocycles. The van der Waals surface area contributed by atoms with Crippen LogP contribution in [0.5, 0.6) is 11.5 Å². The monoisotopic (exact) mass is 508 g/mol. The summed E-state index contributed by atoms with van der Waals surface area (Å²) in [5, 5.41) is 9.59. The third kappa shape index (κ3) is 7.85. The van der Waals surface area contributed by atoms with Crippen molar-refractivity contribution in [3.63, 3.8) is 0 Å². The zero-order chi connectivity index (χ0) is 25.9. The zero-order valence-electron chi connectivity index (χ0n) is 19.7. The summed E-state index contributed by atoms with van der Waals surface area (Å²) in [7, 11) is 1.56. The lowest BCUT2D eigenvalue weighted by molar-refractivity contribution is -0.139. The van der Waals surface area contributed by atoms with E-state index in [1.165, 1.54) is 6.21 Å². The molecular weight excluding hydrogens is 484 g/mol. The molecule has 0 spiro atoms. The molecule has 36 heavy (non-hydrogen) atoms. The Labute approximate surface area is 213 Å². The van der Waals surface area contributed by atoms with E-state index in [0.29, 0.717) is 27.8 Å². The standard InChI is InChI=1S/C26H25ClN4O5/c1-17-7-10-20(27)13-22(17)30-24(32)16-36-23-6-4-3-5-19(23)15-29-31-26(34)25(33)28-14-18-8-11-21(35-2)12-9-18/h3-13,15H,14,16H2,1-2H3,(H,28,33)(H,30,32)(H,31,34)/b29-15-. The van der Waals surface area contributed by atoms with E-state index in [9.17, 15) is 14.4 Å². The van der Waals surface area contributed by atoms with Crippen LogP contribution in [0.4, 0.5) is 5.69 Å². The molecule has 0 heterocycles. The number of carbonyl (C=O) groups excluding carboxylic acids is 3. The molecule has 3 aromatic carbocycles. The fourth-order valence-electron chi connectivity index (χ4n) is 2.99. The van der Waals surface area contributed by atoms with Crippen LogP contribution in [0, 0.1) is 6.92 Å². The molecule has 9 nitrogen and oxygen atoms in total. The predicted molar refractivity (Wildman–Crippen MR) is 137 cm³/mol. The van der Waals surface area contributed by atoms with Crippen molar-refractivity contribution >= 4 is 41.2 Å². The maximum absolute atomic E-state index is 12.3. The van der Waals surface area contributed by atoms with E-state index in [4.69, 9.17) is 21.1 Å². The fourth-order valence-corrected chi connectivity index (χ4v) is 3.17. The number of nitrogens with one attached hydrogen (secondary N) is 3. The van der Waals surface area contributed by atoms with Crippen LogP contribution in [0.15, 0.2) is 71.8 Å². The number of anilines is 1. The van der Waals surface area contributed by atoms with Gasteiger partial charge in [0.05, 0.1) is 13.3 Å². The number of benzene rings is 3. The Morgan fingerprint density at radius 2 is 1.75 bits per heavy atom. The number of carbonyl (C=O) groups is 3. The van der Waals surface area contributed by atoms with Gasteiger partial charge in [0.2, 0.25) is 0 Å². The first kappa shape index (κ1) is 26.2. The van der Waals surface area contributed by atoms with Crippen LogP contribution in [0.3, 0.4) is 0 Å².